The first-order valence-electron chi connectivity index (χ1n) is 7.44. The number of ether oxygens (including phenoxy) is 1. The largest absolute Gasteiger partial charge is 0.496 e. The van der Waals surface area contributed by atoms with E-state index in [4.69, 9.17) is 16.3 Å². The molecule has 2 heterocycles. The van der Waals surface area contributed by atoms with Crippen LogP contribution in [0.1, 0.15) is 31.2 Å². The molecule has 0 aromatic heterocycles. The quantitative estimate of drug-likeness (QED) is 0.924. The number of halogens is 1. The molecule has 0 aliphatic carbocycles. The van der Waals surface area contributed by atoms with Gasteiger partial charge in [-0.3, -0.25) is 4.90 Å². The molecule has 1 N–H and O–H groups in total. The maximum Gasteiger partial charge on any atom is 0.123 e. The van der Waals surface area contributed by atoms with E-state index in [-0.39, 0.29) is 0 Å². The highest BCUT2D eigenvalue weighted by Crippen LogP contribution is 2.31. The highest BCUT2D eigenvalue weighted by Gasteiger charge is 2.35. The lowest BCUT2D eigenvalue weighted by atomic mass is 9.98. The minimum atomic E-state index is 0.664. The fourth-order valence-electron chi connectivity index (χ4n) is 3.66. The van der Waals surface area contributed by atoms with Crippen LogP contribution in [0.3, 0.4) is 0 Å². The normalized spacial score (nSPS) is 28.9. The van der Waals surface area contributed by atoms with Gasteiger partial charge in [0.25, 0.3) is 0 Å². The fraction of sp³-hybridized carbons (Fsp3) is 0.625. The van der Waals surface area contributed by atoms with Gasteiger partial charge in [0.1, 0.15) is 5.75 Å². The van der Waals surface area contributed by atoms with Crippen LogP contribution in [0.5, 0.6) is 5.75 Å². The number of hydrogen-bond acceptors (Lipinski definition) is 3. The molecule has 3 nitrogen and oxygen atoms in total. The molecule has 0 saturated carbocycles. The van der Waals surface area contributed by atoms with E-state index in [1.54, 1.807) is 7.11 Å². The Morgan fingerprint density at radius 1 is 1.30 bits per heavy atom. The topological polar surface area (TPSA) is 24.5 Å². The van der Waals surface area contributed by atoms with Gasteiger partial charge in [-0.05, 0) is 50.9 Å². The molecule has 0 spiro atoms. The molecule has 110 valence electrons. The van der Waals surface area contributed by atoms with Gasteiger partial charge in [0, 0.05) is 35.3 Å². The Morgan fingerprint density at radius 2 is 2.00 bits per heavy atom. The van der Waals surface area contributed by atoms with E-state index in [0.717, 1.165) is 29.4 Å². The number of methoxy groups -OCH3 is 1. The van der Waals surface area contributed by atoms with Gasteiger partial charge in [0.15, 0.2) is 0 Å². The van der Waals surface area contributed by atoms with E-state index in [2.05, 4.69) is 17.3 Å². The molecule has 4 heteroatoms. The average molecular weight is 295 g/mol. The molecule has 1 aromatic carbocycles. The second-order valence-corrected chi connectivity index (χ2v) is 6.57. The molecule has 2 aliphatic rings. The summed E-state index contributed by atoms with van der Waals surface area (Å²) in [6, 6.07) is 7.97. The number of piperidine rings is 1. The van der Waals surface area contributed by atoms with Gasteiger partial charge in [0.2, 0.25) is 0 Å². The zero-order valence-corrected chi connectivity index (χ0v) is 13.0. The number of hydrogen-bond donors (Lipinski definition) is 1. The first-order chi connectivity index (χ1) is 9.65. The minimum absolute atomic E-state index is 0.664. The Morgan fingerprint density at radius 3 is 2.65 bits per heavy atom. The van der Waals surface area contributed by atoms with Gasteiger partial charge >= 0.3 is 0 Å². The van der Waals surface area contributed by atoms with Gasteiger partial charge in [-0.1, -0.05) is 11.6 Å². The monoisotopic (exact) mass is 294 g/mol. The summed E-state index contributed by atoms with van der Waals surface area (Å²) in [5, 5.41) is 4.48. The Balaban J connectivity index is 1.69. The zero-order valence-electron chi connectivity index (χ0n) is 12.2. The van der Waals surface area contributed by atoms with Crippen molar-refractivity contribution in [3.8, 4) is 5.75 Å². The highest BCUT2D eigenvalue weighted by atomic mass is 35.5. The number of rotatable bonds is 4. The summed E-state index contributed by atoms with van der Waals surface area (Å²) < 4.78 is 5.45. The standard InChI is InChI=1S/C16H23ClN2O/c1-19(15-8-13-4-5-14(9-15)18-13)10-11-7-12(17)3-6-16(11)20-2/h3,6-7,13-15,18H,4-5,8-10H2,1-2H3. The van der Waals surface area contributed by atoms with Crippen LogP contribution in [0.2, 0.25) is 5.02 Å². The SMILES string of the molecule is COc1ccc(Cl)cc1CN(C)C1CC2CCC(C1)N2. The maximum atomic E-state index is 6.12. The molecule has 0 amide bonds. The molecular weight excluding hydrogens is 272 g/mol. The van der Waals surface area contributed by atoms with Gasteiger partial charge in [0.05, 0.1) is 7.11 Å². The van der Waals surface area contributed by atoms with Crippen LogP contribution in [0.25, 0.3) is 0 Å². The predicted octanol–water partition coefficient (Wildman–Crippen LogP) is 3.06. The highest BCUT2D eigenvalue weighted by molar-refractivity contribution is 6.30. The van der Waals surface area contributed by atoms with Crippen LogP contribution in [0.4, 0.5) is 0 Å². The number of nitrogens with one attached hydrogen (secondary N) is 1. The third-order valence-electron chi connectivity index (χ3n) is 4.73. The van der Waals surface area contributed by atoms with E-state index in [1.165, 1.54) is 31.2 Å². The van der Waals surface area contributed by atoms with Crippen molar-refractivity contribution in [2.45, 2.75) is 50.4 Å². The molecular formula is C16H23ClN2O. The Hall–Kier alpha value is -0.770. The minimum Gasteiger partial charge on any atom is -0.496 e. The summed E-state index contributed by atoms with van der Waals surface area (Å²) >= 11 is 6.12. The number of fused-ring (bicyclic) bond motifs is 2. The summed E-state index contributed by atoms with van der Waals surface area (Å²) in [5.74, 6) is 0.929. The molecule has 2 unspecified atom stereocenters. The lowest BCUT2D eigenvalue weighted by Gasteiger charge is -2.35. The smallest absolute Gasteiger partial charge is 0.123 e. The second-order valence-electron chi connectivity index (χ2n) is 6.13. The van der Waals surface area contributed by atoms with Gasteiger partial charge in [-0.2, -0.15) is 0 Å². The summed E-state index contributed by atoms with van der Waals surface area (Å²) in [6.45, 7) is 0.897. The summed E-state index contributed by atoms with van der Waals surface area (Å²) in [5.41, 5.74) is 1.17. The third-order valence-corrected chi connectivity index (χ3v) is 4.97. The van der Waals surface area contributed by atoms with Crippen molar-refractivity contribution in [2.75, 3.05) is 14.2 Å². The molecule has 20 heavy (non-hydrogen) atoms. The Bertz CT molecular complexity index is 468. The molecule has 2 bridgehead atoms. The Kier molecular flexibility index (Phi) is 4.20. The van der Waals surface area contributed by atoms with Crippen molar-refractivity contribution in [3.63, 3.8) is 0 Å². The Labute approximate surface area is 126 Å². The van der Waals surface area contributed by atoms with Crippen LogP contribution < -0.4 is 10.1 Å². The van der Waals surface area contributed by atoms with Gasteiger partial charge < -0.3 is 10.1 Å². The van der Waals surface area contributed by atoms with Crippen LogP contribution in [0.15, 0.2) is 18.2 Å². The van der Waals surface area contributed by atoms with Crippen molar-refractivity contribution in [3.05, 3.63) is 28.8 Å². The first-order valence-corrected chi connectivity index (χ1v) is 7.82. The molecule has 2 fully saturated rings. The van der Waals surface area contributed by atoms with Crippen molar-refractivity contribution in [2.24, 2.45) is 0 Å². The van der Waals surface area contributed by atoms with Gasteiger partial charge in [-0.15, -0.1) is 0 Å². The fourth-order valence-corrected chi connectivity index (χ4v) is 3.85. The first kappa shape index (κ1) is 14.2. The molecule has 2 atom stereocenters. The van der Waals surface area contributed by atoms with Crippen molar-refractivity contribution in [1.29, 1.82) is 0 Å². The molecule has 2 aliphatic heterocycles. The molecule has 0 radical (unpaired) electrons. The molecule has 1 aromatic rings. The van der Waals surface area contributed by atoms with Crippen molar-refractivity contribution >= 4 is 11.6 Å². The van der Waals surface area contributed by atoms with Crippen molar-refractivity contribution in [1.82, 2.24) is 10.2 Å². The van der Waals surface area contributed by atoms with Crippen LogP contribution in [-0.2, 0) is 6.54 Å². The van der Waals surface area contributed by atoms with E-state index >= 15 is 0 Å². The van der Waals surface area contributed by atoms with E-state index < -0.39 is 0 Å². The third kappa shape index (κ3) is 2.95. The van der Waals surface area contributed by atoms with E-state index in [1.807, 2.05) is 18.2 Å². The predicted molar refractivity (Wildman–Crippen MR) is 82.4 cm³/mol. The zero-order chi connectivity index (χ0) is 14.1. The lowest BCUT2D eigenvalue weighted by molar-refractivity contribution is 0.164. The number of benzene rings is 1. The van der Waals surface area contributed by atoms with Crippen LogP contribution in [-0.4, -0.2) is 37.2 Å². The summed E-state index contributed by atoms with van der Waals surface area (Å²) in [6.07, 6.45) is 5.21. The van der Waals surface area contributed by atoms with E-state index in [0.29, 0.717) is 6.04 Å². The van der Waals surface area contributed by atoms with Crippen LogP contribution >= 0.6 is 11.6 Å². The van der Waals surface area contributed by atoms with E-state index in [9.17, 15) is 0 Å². The summed E-state index contributed by atoms with van der Waals surface area (Å²) in [7, 11) is 3.94. The second kappa shape index (κ2) is 5.92. The van der Waals surface area contributed by atoms with Crippen molar-refractivity contribution < 1.29 is 4.74 Å². The summed E-state index contributed by atoms with van der Waals surface area (Å²) in [4.78, 5) is 2.46. The molecule has 2 saturated heterocycles. The average Bonchev–Trinajstić information content (AvgIpc) is 2.77. The maximum absolute atomic E-state index is 6.12. The molecule has 3 rings (SSSR count). The van der Waals surface area contributed by atoms with Gasteiger partial charge in [-0.25, -0.2) is 0 Å². The lowest BCUT2D eigenvalue weighted by Crippen LogP contribution is -2.46. The van der Waals surface area contributed by atoms with Crippen LogP contribution in [0, 0.1) is 0 Å². The number of nitrogens with zero attached hydrogens (tertiary/aromatic N) is 1.